The molecular weight excluding hydrogens is 217 g/mol. The Morgan fingerprint density at radius 3 is 2.29 bits per heavy atom. The second-order valence-corrected chi connectivity index (χ2v) is 4.08. The Labute approximate surface area is 108 Å². The van der Waals surface area contributed by atoms with Crippen LogP contribution in [0.4, 0.5) is 0 Å². The van der Waals surface area contributed by atoms with Gasteiger partial charge in [-0.15, -0.1) is 0 Å². The predicted molar refractivity (Wildman–Crippen MR) is 50.1 cm³/mol. The van der Waals surface area contributed by atoms with Crippen molar-refractivity contribution in [3.63, 3.8) is 0 Å². The van der Waals surface area contributed by atoms with E-state index in [4.69, 9.17) is 0 Å². The van der Waals surface area contributed by atoms with Crippen molar-refractivity contribution >= 4 is 10.3 Å². The van der Waals surface area contributed by atoms with Crippen molar-refractivity contribution in [2.75, 3.05) is 6.61 Å². The molecule has 0 bridgehead atoms. The number of hydrogen-bond acceptors (Lipinski definition) is 4. The molecule has 0 fully saturated rings. The van der Waals surface area contributed by atoms with E-state index in [0.29, 0.717) is 6.42 Å². The molecule has 0 atom stereocenters. The maximum atomic E-state index is 10.4. The minimum absolute atomic E-state index is 0. The van der Waals surface area contributed by atoms with E-state index >= 15 is 0 Å². The number of nitrogens with one attached hydrogen (secondary N) is 1. The first-order chi connectivity index (χ1) is 6.12. The topological polar surface area (TPSA) is 78.5 Å². The summed E-state index contributed by atoms with van der Waals surface area (Å²) in [6.07, 6.45) is 4.96. The molecular formula is C7H16NNaO4S. The molecule has 7 heteroatoms. The van der Waals surface area contributed by atoms with E-state index in [1.165, 1.54) is 0 Å². The normalized spacial score (nSPS) is 11.0. The molecule has 0 aliphatic heterocycles. The summed E-state index contributed by atoms with van der Waals surface area (Å²) >= 11 is 0. The molecule has 0 rings (SSSR count). The van der Waals surface area contributed by atoms with Gasteiger partial charge in [0, 0.05) is 0 Å². The summed E-state index contributed by atoms with van der Waals surface area (Å²) in [4.78, 5) is 0.843. The third-order valence-electron chi connectivity index (χ3n) is 1.59. The standard InChI is InChI=1S/C7H16NO4S.Na/c1-2-3-4-5-6-7-12-13(10,11)8-9;/h8H,2-7H2,1H3;/q-1;+1. The van der Waals surface area contributed by atoms with Crippen LogP contribution in [-0.2, 0) is 14.5 Å². The second-order valence-electron chi connectivity index (χ2n) is 2.77. The van der Waals surface area contributed by atoms with Crippen LogP contribution in [0.5, 0.6) is 0 Å². The third-order valence-corrected chi connectivity index (χ3v) is 2.27. The molecule has 0 aromatic heterocycles. The molecule has 0 aromatic carbocycles. The fraction of sp³-hybridized carbons (Fsp3) is 1.00. The molecule has 0 saturated carbocycles. The molecule has 0 radical (unpaired) electrons. The van der Waals surface area contributed by atoms with Gasteiger partial charge in [-0.2, -0.15) is 8.42 Å². The summed E-state index contributed by atoms with van der Waals surface area (Å²) in [6, 6.07) is 0. The maximum Gasteiger partial charge on any atom is 1.00 e. The van der Waals surface area contributed by atoms with Gasteiger partial charge >= 0.3 is 39.9 Å². The van der Waals surface area contributed by atoms with Crippen molar-refractivity contribution in [3.8, 4) is 0 Å². The number of unbranched alkanes of at least 4 members (excludes halogenated alkanes) is 4. The average molecular weight is 233 g/mol. The van der Waals surface area contributed by atoms with Crippen molar-refractivity contribution in [2.45, 2.75) is 39.0 Å². The summed E-state index contributed by atoms with van der Waals surface area (Å²) < 4.78 is 25.2. The van der Waals surface area contributed by atoms with Gasteiger partial charge in [-0.05, 0) is 6.42 Å². The van der Waals surface area contributed by atoms with Gasteiger partial charge in [-0.25, -0.2) is 0 Å². The second kappa shape index (κ2) is 10.4. The Balaban J connectivity index is 0. The van der Waals surface area contributed by atoms with E-state index in [-0.39, 0.29) is 36.2 Å². The van der Waals surface area contributed by atoms with E-state index in [0.717, 1.165) is 30.6 Å². The van der Waals surface area contributed by atoms with Crippen LogP contribution < -0.4 is 34.4 Å². The molecule has 0 aliphatic carbocycles. The van der Waals surface area contributed by atoms with Crippen molar-refractivity contribution in [2.24, 2.45) is 0 Å². The zero-order chi connectivity index (χ0) is 10.2. The molecule has 5 nitrogen and oxygen atoms in total. The molecule has 80 valence electrons. The molecule has 0 heterocycles. The first-order valence-electron chi connectivity index (χ1n) is 4.40. The van der Waals surface area contributed by atoms with E-state index < -0.39 is 10.3 Å². The van der Waals surface area contributed by atoms with E-state index in [1.54, 1.807) is 0 Å². The molecule has 14 heavy (non-hydrogen) atoms. The average Bonchev–Trinajstić information content (AvgIpc) is 2.11. The summed E-state index contributed by atoms with van der Waals surface area (Å²) in [5.74, 6) is 0. The molecule has 0 unspecified atom stereocenters. The van der Waals surface area contributed by atoms with Gasteiger partial charge in [-0.3, -0.25) is 9.07 Å². The van der Waals surface area contributed by atoms with Crippen LogP contribution in [0.1, 0.15) is 39.0 Å². The summed E-state index contributed by atoms with van der Waals surface area (Å²) in [6.45, 7) is 2.18. The first kappa shape index (κ1) is 17.2. The predicted octanol–water partition coefficient (Wildman–Crippen LogP) is -1.69. The monoisotopic (exact) mass is 233 g/mol. The van der Waals surface area contributed by atoms with Crippen LogP contribution in [0.2, 0.25) is 0 Å². The Kier molecular flexibility index (Phi) is 12.7. The smallest absolute Gasteiger partial charge is 0.773 e. The van der Waals surface area contributed by atoms with Crippen LogP contribution >= 0.6 is 0 Å². The van der Waals surface area contributed by atoms with Crippen molar-refractivity contribution < 1.29 is 42.2 Å². The Morgan fingerprint density at radius 1 is 1.21 bits per heavy atom. The van der Waals surface area contributed by atoms with Crippen LogP contribution in [0.15, 0.2) is 0 Å². The SMILES string of the molecule is CCCCCCCOS(=O)(=O)N[O-].[Na+]. The van der Waals surface area contributed by atoms with Gasteiger partial charge in [0.15, 0.2) is 0 Å². The van der Waals surface area contributed by atoms with Gasteiger partial charge in [0.1, 0.15) is 0 Å². The van der Waals surface area contributed by atoms with Gasteiger partial charge in [-0.1, -0.05) is 32.6 Å². The zero-order valence-electron chi connectivity index (χ0n) is 8.78. The van der Waals surface area contributed by atoms with E-state index in [2.05, 4.69) is 11.1 Å². The minimum Gasteiger partial charge on any atom is -0.773 e. The van der Waals surface area contributed by atoms with E-state index in [1.807, 2.05) is 0 Å². The molecule has 0 spiro atoms. The molecule has 1 N–H and O–H groups in total. The van der Waals surface area contributed by atoms with Crippen molar-refractivity contribution in [1.82, 2.24) is 4.89 Å². The Hall–Kier alpha value is 0.830. The Morgan fingerprint density at radius 2 is 1.79 bits per heavy atom. The molecule has 0 saturated heterocycles. The number of hydrogen-bond donors (Lipinski definition) is 1. The van der Waals surface area contributed by atoms with Crippen LogP contribution in [0, 0.1) is 5.21 Å². The van der Waals surface area contributed by atoms with Crippen molar-refractivity contribution in [3.05, 3.63) is 5.21 Å². The molecule has 0 aliphatic rings. The largest absolute Gasteiger partial charge is 1.00 e. The van der Waals surface area contributed by atoms with E-state index in [9.17, 15) is 13.6 Å². The van der Waals surface area contributed by atoms with Gasteiger partial charge in [0.05, 0.1) is 6.61 Å². The Bertz CT molecular complexity index is 208. The zero-order valence-corrected chi connectivity index (χ0v) is 11.6. The van der Waals surface area contributed by atoms with Gasteiger partial charge in [0.25, 0.3) is 0 Å². The van der Waals surface area contributed by atoms with Crippen LogP contribution in [0.3, 0.4) is 0 Å². The van der Waals surface area contributed by atoms with Crippen molar-refractivity contribution in [1.29, 1.82) is 0 Å². The summed E-state index contributed by atoms with van der Waals surface area (Å²) in [5, 5.41) is 9.75. The molecule has 0 amide bonds. The quantitative estimate of drug-likeness (QED) is 0.308. The van der Waals surface area contributed by atoms with Crippen LogP contribution in [0.25, 0.3) is 0 Å². The van der Waals surface area contributed by atoms with Gasteiger partial charge in [0.2, 0.25) is 0 Å². The molecule has 0 aromatic rings. The summed E-state index contributed by atoms with van der Waals surface area (Å²) in [5.41, 5.74) is 0. The number of rotatable bonds is 8. The summed E-state index contributed by atoms with van der Waals surface area (Å²) in [7, 11) is -4.02. The third kappa shape index (κ3) is 10.9. The fourth-order valence-electron chi connectivity index (χ4n) is 0.898. The van der Waals surface area contributed by atoms with Gasteiger partial charge < -0.3 is 5.21 Å². The maximum absolute atomic E-state index is 10.4. The van der Waals surface area contributed by atoms with Crippen LogP contribution in [-0.4, -0.2) is 15.0 Å². The fourth-order valence-corrected chi connectivity index (χ4v) is 1.28. The minimum atomic E-state index is -4.02. The first-order valence-corrected chi connectivity index (χ1v) is 5.81.